The number of hydrogen-bond donors (Lipinski definition) is 1. The third-order valence-electron chi connectivity index (χ3n) is 4.43. The second-order valence-electron chi connectivity index (χ2n) is 5.61. The molecule has 0 spiro atoms. The number of fused-ring (bicyclic) bond motifs is 1. The summed E-state index contributed by atoms with van der Waals surface area (Å²) in [6.45, 7) is 3.83. The number of hydrogen-bond acceptors (Lipinski definition) is 3. The van der Waals surface area contributed by atoms with Crippen LogP contribution in [0.15, 0.2) is 18.2 Å². The van der Waals surface area contributed by atoms with E-state index in [1.807, 2.05) is 13.0 Å². The molecule has 1 aromatic rings. The Bertz CT molecular complexity index is 508. The van der Waals surface area contributed by atoms with Crippen molar-refractivity contribution in [2.45, 2.75) is 44.8 Å². The van der Waals surface area contributed by atoms with Gasteiger partial charge in [-0.1, -0.05) is 6.07 Å². The van der Waals surface area contributed by atoms with Gasteiger partial charge in [0.2, 0.25) is 0 Å². The summed E-state index contributed by atoms with van der Waals surface area (Å²) in [6.07, 6.45) is 4.41. The molecule has 1 aromatic carbocycles. The monoisotopic (exact) mass is 275 g/mol. The lowest BCUT2D eigenvalue weighted by molar-refractivity contribution is -0.00347. The van der Waals surface area contributed by atoms with E-state index in [0.29, 0.717) is 17.7 Å². The van der Waals surface area contributed by atoms with Crippen LogP contribution in [0.3, 0.4) is 0 Å². The maximum absolute atomic E-state index is 11.3. The summed E-state index contributed by atoms with van der Waals surface area (Å²) in [5.41, 5.74) is 2.59. The Labute approximate surface area is 119 Å². The van der Waals surface area contributed by atoms with E-state index in [1.165, 1.54) is 0 Å². The van der Waals surface area contributed by atoms with E-state index in [1.54, 1.807) is 6.07 Å². The highest BCUT2D eigenvalue weighted by atomic mass is 16.5. The Morgan fingerprint density at radius 1 is 1.45 bits per heavy atom. The first-order valence-electron chi connectivity index (χ1n) is 7.44. The van der Waals surface area contributed by atoms with Crippen LogP contribution in [0.4, 0.5) is 5.69 Å². The standard InChI is InChI=1S/C16H21NO3/c1-2-20-12-9-11(10-12)17-8-4-6-13-14(16(18)19)5-3-7-15(13)17/h3,5,7,11-12H,2,4,6,8-10H2,1H3,(H,18,19). The molecule has 0 bridgehead atoms. The fraction of sp³-hybridized carbons (Fsp3) is 0.562. The first kappa shape index (κ1) is 13.4. The van der Waals surface area contributed by atoms with Crippen LogP contribution < -0.4 is 4.90 Å². The molecule has 0 amide bonds. The second-order valence-corrected chi connectivity index (χ2v) is 5.61. The van der Waals surface area contributed by atoms with Gasteiger partial charge in [0.05, 0.1) is 11.7 Å². The maximum Gasteiger partial charge on any atom is 0.336 e. The highest BCUT2D eigenvalue weighted by molar-refractivity contribution is 5.91. The van der Waals surface area contributed by atoms with Crippen LogP contribution in [0.2, 0.25) is 0 Å². The summed E-state index contributed by atoms with van der Waals surface area (Å²) in [5, 5.41) is 9.31. The van der Waals surface area contributed by atoms with Crippen molar-refractivity contribution in [3.05, 3.63) is 29.3 Å². The molecule has 0 aromatic heterocycles. The van der Waals surface area contributed by atoms with Gasteiger partial charge in [0.1, 0.15) is 0 Å². The zero-order chi connectivity index (χ0) is 14.1. The largest absolute Gasteiger partial charge is 0.478 e. The van der Waals surface area contributed by atoms with Crippen LogP contribution in [-0.4, -0.2) is 36.4 Å². The lowest BCUT2D eigenvalue weighted by Crippen LogP contribution is -2.50. The lowest BCUT2D eigenvalue weighted by atomic mass is 9.85. The molecule has 0 radical (unpaired) electrons. The SMILES string of the molecule is CCOC1CC(N2CCCc3c(C(=O)O)cccc32)C1. The highest BCUT2D eigenvalue weighted by Crippen LogP contribution is 2.37. The van der Waals surface area contributed by atoms with E-state index in [2.05, 4.69) is 11.0 Å². The zero-order valence-electron chi connectivity index (χ0n) is 11.8. The molecule has 1 saturated carbocycles. The first-order valence-corrected chi connectivity index (χ1v) is 7.44. The molecule has 3 rings (SSSR count). The zero-order valence-corrected chi connectivity index (χ0v) is 11.8. The van der Waals surface area contributed by atoms with Crippen LogP contribution in [-0.2, 0) is 11.2 Å². The Kier molecular flexibility index (Phi) is 3.66. The minimum atomic E-state index is -0.815. The average molecular weight is 275 g/mol. The van der Waals surface area contributed by atoms with Gasteiger partial charge in [-0.15, -0.1) is 0 Å². The van der Waals surface area contributed by atoms with Gasteiger partial charge >= 0.3 is 5.97 Å². The molecule has 1 fully saturated rings. The maximum atomic E-state index is 11.3. The van der Waals surface area contributed by atoms with E-state index < -0.39 is 5.97 Å². The molecule has 1 heterocycles. The fourth-order valence-corrected chi connectivity index (χ4v) is 3.40. The second kappa shape index (κ2) is 5.44. The Morgan fingerprint density at radius 2 is 2.25 bits per heavy atom. The number of rotatable bonds is 4. The number of carboxylic acid groups (broad SMARTS) is 1. The fourth-order valence-electron chi connectivity index (χ4n) is 3.40. The molecule has 2 aliphatic rings. The quantitative estimate of drug-likeness (QED) is 0.918. The molecule has 4 heteroatoms. The van der Waals surface area contributed by atoms with Crippen LogP contribution in [0, 0.1) is 0 Å². The number of benzene rings is 1. The average Bonchev–Trinajstić information content (AvgIpc) is 2.41. The van der Waals surface area contributed by atoms with Gasteiger partial charge in [-0.2, -0.15) is 0 Å². The summed E-state index contributed by atoms with van der Waals surface area (Å²) < 4.78 is 5.63. The molecule has 0 atom stereocenters. The van der Waals surface area contributed by atoms with Crippen molar-refractivity contribution in [3.63, 3.8) is 0 Å². The van der Waals surface area contributed by atoms with Crippen molar-refractivity contribution >= 4 is 11.7 Å². The van der Waals surface area contributed by atoms with E-state index in [0.717, 1.165) is 50.1 Å². The van der Waals surface area contributed by atoms with E-state index >= 15 is 0 Å². The van der Waals surface area contributed by atoms with E-state index in [9.17, 15) is 9.90 Å². The predicted molar refractivity (Wildman–Crippen MR) is 77.5 cm³/mol. The molecule has 0 unspecified atom stereocenters. The van der Waals surface area contributed by atoms with E-state index in [4.69, 9.17) is 4.74 Å². The van der Waals surface area contributed by atoms with Crippen molar-refractivity contribution < 1.29 is 14.6 Å². The molecular formula is C16H21NO3. The highest BCUT2D eigenvalue weighted by Gasteiger charge is 2.36. The number of ether oxygens (including phenoxy) is 1. The van der Waals surface area contributed by atoms with Gasteiger partial charge in [-0.3, -0.25) is 0 Å². The minimum Gasteiger partial charge on any atom is -0.478 e. The number of carbonyl (C=O) groups is 1. The first-order chi connectivity index (χ1) is 9.70. The molecule has 4 nitrogen and oxygen atoms in total. The molecule has 1 aliphatic heterocycles. The number of nitrogens with zero attached hydrogens (tertiary/aromatic N) is 1. The third kappa shape index (κ3) is 2.29. The predicted octanol–water partition coefficient (Wildman–Crippen LogP) is 2.70. The number of carboxylic acids is 1. The molecule has 0 saturated heterocycles. The van der Waals surface area contributed by atoms with Crippen molar-refractivity contribution in [1.82, 2.24) is 0 Å². The van der Waals surface area contributed by atoms with Gasteiger partial charge in [0.25, 0.3) is 0 Å². The summed E-state index contributed by atoms with van der Waals surface area (Å²) in [4.78, 5) is 13.7. The number of anilines is 1. The molecule has 1 aliphatic carbocycles. The van der Waals surface area contributed by atoms with Crippen molar-refractivity contribution in [2.75, 3.05) is 18.1 Å². The van der Waals surface area contributed by atoms with Gasteiger partial charge in [0, 0.05) is 24.9 Å². The van der Waals surface area contributed by atoms with Gasteiger partial charge in [-0.05, 0) is 50.3 Å². The van der Waals surface area contributed by atoms with Gasteiger partial charge in [0.15, 0.2) is 0 Å². The Balaban J connectivity index is 1.81. The van der Waals surface area contributed by atoms with Crippen molar-refractivity contribution in [2.24, 2.45) is 0 Å². The minimum absolute atomic E-state index is 0.387. The van der Waals surface area contributed by atoms with Crippen LogP contribution in [0.5, 0.6) is 0 Å². The summed E-state index contributed by atoms with van der Waals surface area (Å²) in [5.74, 6) is -0.815. The van der Waals surface area contributed by atoms with Crippen molar-refractivity contribution in [3.8, 4) is 0 Å². The van der Waals surface area contributed by atoms with Gasteiger partial charge < -0.3 is 14.7 Å². The summed E-state index contributed by atoms with van der Waals surface area (Å²) in [6, 6.07) is 6.15. The van der Waals surface area contributed by atoms with Gasteiger partial charge in [-0.25, -0.2) is 4.79 Å². The van der Waals surface area contributed by atoms with Crippen molar-refractivity contribution in [1.29, 1.82) is 0 Å². The molecule has 108 valence electrons. The third-order valence-corrected chi connectivity index (χ3v) is 4.43. The Hall–Kier alpha value is -1.55. The number of aromatic carboxylic acids is 1. The van der Waals surface area contributed by atoms with Crippen LogP contribution in [0.25, 0.3) is 0 Å². The molecular weight excluding hydrogens is 254 g/mol. The van der Waals surface area contributed by atoms with E-state index in [-0.39, 0.29) is 0 Å². The summed E-state index contributed by atoms with van der Waals surface area (Å²) in [7, 11) is 0. The van der Waals surface area contributed by atoms with Crippen LogP contribution in [0.1, 0.15) is 42.1 Å². The molecule has 20 heavy (non-hydrogen) atoms. The lowest BCUT2D eigenvalue weighted by Gasteiger charge is -2.46. The summed E-state index contributed by atoms with van der Waals surface area (Å²) >= 11 is 0. The smallest absolute Gasteiger partial charge is 0.336 e. The Morgan fingerprint density at radius 3 is 2.95 bits per heavy atom. The van der Waals surface area contributed by atoms with Crippen LogP contribution >= 0.6 is 0 Å². The topological polar surface area (TPSA) is 49.8 Å². The molecule has 1 N–H and O–H groups in total. The normalized spacial score (nSPS) is 24.9.